The number of para-hydroxylation sites is 1. The molecule has 0 bridgehead atoms. The van der Waals surface area contributed by atoms with E-state index in [4.69, 9.17) is 4.74 Å². The fourth-order valence-electron chi connectivity index (χ4n) is 2.45. The predicted octanol–water partition coefficient (Wildman–Crippen LogP) is 1.46. The molecule has 0 fully saturated rings. The van der Waals surface area contributed by atoms with E-state index in [0.29, 0.717) is 22.9 Å². The third-order valence-corrected chi connectivity index (χ3v) is 3.92. The summed E-state index contributed by atoms with van der Waals surface area (Å²) in [6, 6.07) is 10.2. The number of nitrogens with one attached hydrogen (secondary N) is 3. The molecule has 0 heterocycles. The summed E-state index contributed by atoms with van der Waals surface area (Å²) in [4.78, 5) is 24.9. The van der Waals surface area contributed by atoms with Crippen molar-refractivity contribution in [2.75, 3.05) is 37.4 Å². The molecule has 0 aliphatic rings. The van der Waals surface area contributed by atoms with Gasteiger partial charge in [-0.1, -0.05) is 6.07 Å². The number of hydrogen-bond acceptors (Lipinski definition) is 3. The zero-order chi connectivity index (χ0) is 19.8. The van der Waals surface area contributed by atoms with Crippen LogP contribution >= 0.6 is 0 Å². The summed E-state index contributed by atoms with van der Waals surface area (Å²) < 4.78 is 32.3. The van der Waals surface area contributed by atoms with E-state index >= 15 is 0 Å². The Balaban J connectivity index is 1.90. The first kappa shape index (κ1) is 20.3. The number of carbonyl (C=O) groups is 2. The van der Waals surface area contributed by atoms with E-state index in [1.54, 1.807) is 31.4 Å². The number of amides is 2. The maximum Gasteiger partial charge on any atom is 0.279 e. The van der Waals surface area contributed by atoms with Gasteiger partial charge in [0.25, 0.3) is 11.8 Å². The Morgan fingerprint density at radius 1 is 0.963 bits per heavy atom. The van der Waals surface area contributed by atoms with Crippen LogP contribution < -0.4 is 20.3 Å². The van der Waals surface area contributed by atoms with E-state index in [0.717, 1.165) is 12.1 Å². The van der Waals surface area contributed by atoms with Crippen molar-refractivity contribution in [3.63, 3.8) is 0 Å². The highest BCUT2D eigenvalue weighted by Gasteiger charge is 2.19. The van der Waals surface area contributed by atoms with Crippen molar-refractivity contribution >= 4 is 23.2 Å². The maximum absolute atomic E-state index is 13.6. The number of ether oxygens (including phenoxy) is 1. The Bertz CT molecular complexity index is 777. The fraction of sp³-hybridized carbons (Fsp3) is 0.263. The first-order chi connectivity index (χ1) is 12.9. The summed E-state index contributed by atoms with van der Waals surface area (Å²) in [6.45, 7) is 2.24. The van der Waals surface area contributed by atoms with Crippen LogP contribution in [0.1, 0.15) is 6.92 Å². The average Bonchev–Trinajstić information content (AvgIpc) is 2.65. The number of benzene rings is 2. The van der Waals surface area contributed by atoms with Crippen LogP contribution in [-0.4, -0.2) is 38.6 Å². The SMILES string of the molecule is CC[NH+](CC(=O)Nc1ccc(OC)cc1)CC(=O)Nc1c(F)cccc1F. The molecule has 0 aliphatic carbocycles. The Kier molecular flexibility index (Phi) is 7.25. The minimum Gasteiger partial charge on any atom is -0.497 e. The molecular weight excluding hydrogens is 356 g/mol. The summed E-state index contributed by atoms with van der Waals surface area (Å²) in [5.41, 5.74) is 0.120. The van der Waals surface area contributed by atoms with Crippen molar-refractivity contribution < 1.29 is 28.0 Å². The van der Waals surface area contributed by atoms with Crippen LogP contribution in [0.3, 0.4) is 0 Å². The van der Waals surface area contributed by atoms with Gasteiger partial charge in [-0.05, 0) is 43.3 Å². The lowest BCUT2D eigenvalue weighted by Crippen LogP contribution is -3.13. The molecule has 2 rings (SSSR count). The lowest BCUT2D eigenvalue weighted by atomic mass is 10.3. The van der Waals surface area contributed by atoms with Gasteiger partial charge >= 0.3 is 0 Å². The number of methoxy groups -OCH3 is 1. The van der Waals surface area contributed by atoms with Crippen molar-refractivity contribution in [3.8, 4) is 5.75 Å². The maximum atomic E-state index is 13.6. The molecule has 2 amide bonds. The van der Waals surface area contributed by atoms with Gasteiger partial charge in [-0.15, -0.1) is 0 Å². The van der Waals surface area contributed by atoms with Crippen molar-refractivity contribution in [1.29, 1.82) is 0 Å². The smallest absolute Gasteiger partial charge is 0.279 e. The number of anilines is 2. The first-order valence-corrected chi connectivity index (χ1v) is 8.44. The van der Waals surface area contributed by atoms with Gasteiger partial charge in [0.05, 0.1) is 13.7 Å². The highest BCUT2D eigenvalue weighted by atomic mass is 19.1. The Morgan fingerprint density at radius 2 is 1.52 bits per heavy atom. The second-order valence-electron chi connectivity index (χ2n) is 5.88. The summed E-state index contributed by atoms with van der Waals surface area (Å²) in [5.74, 6) is -1.88. The monoisotopic (exact) mass is 378 g/mol. The molecule has 0 spiro atoms. The van der Waals surface area contributed by atoms with Crippen molar-refractivity contribution in [1.82, 2.24) is 0 Å². The number of quaternary nitrogens is 1. The van der Waals surface area contributed by atoms with Crippen LogP contribution in [0.5, 0.6) is 5.75 Å². The van der Waals surface area contributed by atoms with Crippen molar-refractivity contribution in [3.05, 3.63) is 54.1 Å². The van der Waals surface area contributed by atoms with Crippen molar-refractivity contribution in [2.45, 2.75) is 6.92 Å². The summed E-state index contributed by atoms with van der Waals surface area (Å²) >= 11 is 0. The fourth-order valence-corrected chi connectivity index (χ4v) is 2.45. The average molecular weight is 378 g/mol. The Morgan fingerprint density at radius 3 is 2.04 bits per heavy atom. The number of likely N-dealkylation sites (N-methyl/N-ethyl adjacent to an activating group) is 1. The lowest BCUT2D eigenvalue weighted by Gasteiger charge is -2.17. The number of carbonyl (C=O) groups excluding carboxylic acids is 2. The number of rotatable bonds is 8. The molecule has 0 saturated heterocycles. The summed E-state index contributed by atoms with van der Waals surface area (Å²) in [6.07, 6.45) is 0. The molecule has 8 heteroatoms. The highest BCUT2D eigenvalue weighted by Crippen LogP contribution is 2.17. The normalized spacial score (nSPS) is 11.6. The van der Waals surface area contributed by atoms with Gasteiger partial charge in [-0.25, -0.2) is 8.78 Å². The molecule has 0 aliphatic heterocycles. The zero-order valence-corrected chi connectivity index (χ0v) is 15.1. The topological polar surface area (TPSA) is 71.9 Å². The molecule has 27 heavy (non-hydrogen) atoms. The van der Waals surface area contributed by atoms with Crippen molar-refractivity contribution in [2.24, 2.45) is 0 Å². The van der Waals surface area contributed by atoms with E-state index < -0.39 is 23.2 Å². The summed E-state index contributed by atoms with van der Waals surface area (Å²) in [7, 11) is 1.55. The molecule has 3 N–H and O–H groups in total. The standard InChI is InChI=1S/C19H21F2N3O3/c1-3-24(11-17(25)22-13-7-9-14(27-2)10-8-13)12-18(26)23-19-15(20)5-4-6-16(19)21/h4-10H,3,11-12H2,1-2H3,(H,22,25)(H,23,26)/p+1. The van der Waals surface area contributed by atoms with Gasteiger partial charge in [0.15, 0.2) is 13.1 Å². The molecule has 6 nitrogen and oxygen atoms in total. The van der Waals surface area contributed by atoms with E-state index in [1.165, 1.54) is 6.07 Å². The van der Waals surface area contributed by atoms with Gasteiger partial charge < -0.3 is 20.3 Å². The van der Waals surface area contributed by atoms with Gasteiger partial charge in [0, 0.05) is 5.69 Å². The van der Waals surface area contributed by atoms with Crippen LogP contribution in [0.15, 0.2) is 42.5 Å². The predicted molar refractivity (Wildman–Crippen MR) is 97.8 cm³/mol. The van der Waals surface area contributed by atoms with Gasteiger partial charge in [-0.3, -0.25) is 9.59 Å². The van der Waals surface area contributed by atoms with Crippen LogP contribution in [0.2, 0.25) is 0 Å². The Labute approximate surface area is 156 Å². The molecule has 1 atom stereocenters. The largest absolute Gasteiger partial charge is 0.497 e. The van der Waals surface area contributed by atoms with E-state index in [2.05, 4.69) is 10.6 Å². The second-order valence-corrected chi connectivity index (χ2v) is 5.88. The molecule has 0 radical (unpaired) electrons. The molecule has 0 aromatic heterocycles. The molecule has 2 aromatic carbocycles. The number of hydrogen-bond donors (Lipinski definition) is 3. The Hall–Kier alpha value is -3.00. The van der Waals surface area contributed by atoms with Crippen LogP contribution in [0.4, 0.5) is 20.2 Å². The summed E-state index contributed by atoms with van der Waals surface area (Å²) in [5, 5.41) is 4.96. The number of halogens is 2. The van der Waals surface area contributed by atoms with E-state index in [-0.39, 0.29) is 19.0 Å². The van der Waals surface area contributed by atoms with Gasteiger partial charge in [0.1, 0.15) is 23.1 Å². The third kappa shape index (κ3) is 6.03. The molecular formula is C19H22F2N3O3+. The zero-order valence-electron chi connectivity index (χ0n) is 15.1. The minimum atomic E-state index is -0.848. The second kappa shape index (κ2) is 9.63. The van der Waals surface area contributed by atoms with Crippen LogP contribution in [0, 0.1) is 11.6 Å². The first-order valence-electron chi connectivity index (χ1n) is 8.44. The van der Waals surface area contributed by atoms with E-state index in [1.807, 2.05) is 6.92 Å². The quantitative estimate of drug-likeness (QED) is 0.651. The van der Waals surface area contributed by atoms with E-state index in [9.17, 15) is 18.4 Å². The lowest BCUT2D eigenvalue weighted by molar-refractivity contribution is -0.881. The van der Waals surface area contributed by atoms with Gasteiger partial charge in [0.2, 0.25) is 0 Å². The molecule has 1 unspecified atom stereocenters. The van der Waals surface area contributed by atoms with Crippen LogP contribution in [-0.2, 0) is 9.59 Å². The highest BCUT2D eigenvalue weighted by molar-refractivity contribution is 5.93. The molecule has 144 valence electrons. The third-order valence-electron chi connectivity index (χ3n) is 3.92. The minimum absolute atomic E-state index is 0.0374. The molecule has 2 aromatic rings. The van der Waals surface area contributed by atoms with Gasteiger partial charge in [-0.2, -0.15) is 0 Å². The van der Waals surface area contributed by atoms with Crippen LogP contribution in [0.25, 0.3) is 0 Å². The molecule has 0 saturated carbocycles.